The molecule has 5 heteroatoms. The van der Waals surface area contributed by atoms with Gasteiger partial charge in [0, 0.05) is 24.7 Å². The Hall–Kier alpha value is -2.40. The summed E-state index contributed by atoms with van der Waals surface area (Å²) in [5, 5.41) is 2.72. The Balaban J connectivity index is 2.34. The summed E-state index contributed by atoms with van der Waals surface area (Å²) >= 11 is 0. The Morgan fingerprint density at radius 1 is 1.30 bits per heavy atom. The van der Waals surface area contributed by atoms with Gasteiger partial charge in [-0.1, -0.05) is 18.2 Å². The number of amides is 1. The number of nitrogens with two attached hydrogens (primary N) is 1. The maximum atomic E-state index is 11.2. The lowest BCUT2D eigenvalue weighted by molar-refractivity contribution is -0.114. The zero-order valence-electron chi connectivity index (χ0n) is 11.5. The van der Waals surface area contributed by atoms with E-state index < -0.39 is 0 Å². The number of carbonyl (C=O) groups excluding carboxylic acids is 1. The average Bonchev–Trinajstić information content (AvgIpc) is 2.41. The number of carbonyl (C=O) groups is 1. The minimum absolute atomic E-state index is 0.155. The van der Waals surface area contributed by atoms with Gasteiger partial charge >= 0.3 is 0 Å². The molecule has 20 heavy (non-hydrogen) atoms. The normalized spacial score (nSPS) is 10.2. The first-order chi connectivity index (χ1) is 9.60. The fraction of sp³-hybridized carbons (Fsp3) is 0.200. The van der Waals surface area contributed by atoms with Crippen LogP contribution in [-0.2, 0) is 11.3 Å². The Kier molecular flexibility index (Phi) is 4.32. The van der Waals surface area contributed by atoms with E-state index >= 15 is 0 Å². The molecule has 1 amide bonds. The van der Waals surface area contributed by atoms with E-state index in [0.29, 0.717) is 23.9 Å². The average molecular weight is 271 g/mol. The Morgan fingerprint density at radius 3 is 2.75 bits per heavy atom. The van der Waals surface area contributed by atoms with Crippen LogP contribution in [0.3, 0.4) is 0 Å². The highest BCUT2D eigenvalue weighted by molar-refractivity contribution is 5.90. The van der Waals surface area contributed by atoms with Crippen molar-refractivity contribution in [1.29, 1.82) is 0 Å². The lowest BCUT2D eigenvalue weighted by Crippen LogP contribution is -2.08. The highest BCUT2D eigenvalue weighted by atomic mass is 16.5. The highest BCUT2D eigenvalue weighted by Gasteiger charge is 2.10. The quantitative estimate of drug-likeness (QED) is 0.896. The summed E-state index contributed by atoms with van der Waals surface area (Å²) in [7, 11) is 0. The van der Waals surface area contributed by atoms with Crippen molar-refractivity contribution in [3.05, 3.63) is 47.7 Å². The van der Waals surface area contributed by atoms with Crippen molar-refractivity contribution in [2.75, 3.05) is 5.32 Å². The molecule has 5 nitrogen and oxygen atoms in total. The molecule has 104 valence electrons. The van der Waals surface area contributed by atoms with Crippen molar-refractivity contribution in [3.63, 3.8) is 0 Å². The third kappa shape index (κ3) is 3.33. The second-order valence-corrected chi connectivity index (χ2v) is 4.40. The van der Waals surface area contributed by atoms with E-state index in [1.165, 1.54) is 6.92 Å². The Bertz CT molecular complexity index is 626. The van der Waals surface area contributed by atoms with E-state index in [0.717, 1.165) is 11.3 Å². The van der Waals surface area contributed by atoms with Crippen LogP contribution in [0.4, 0.5) is 5.69 Å². The molecule has 0 aliphatic rings. The van der Waals surface area contributed by atoms with E-state index in [9.17, 15) is 4.79 Å². The maximum Gasteiger partial charge on any atom is 0.224 e. The number of pyridine rings is 1. The van der Waals surface area contributed by atoms with Gasteiger partial charge in [0.2, 0.25) is 11.8 Å². The second kappa shape index (κ2) is 6.16. The predicted octanol–water partition coefficient (Wildman–Crippen LogP) is 2.60. The number of aromatic nitrogens is 1. The van der Waals surface area contributed by atoms with Gasteiger partial charge in [0.1, 0.15) is 0 Å². The van der Waals surface area contributed by atoms with Gasteiger partial charge in [-0.3, -0.25) is 4.79 Å². The summed E-state index contributed by atoms with van der Waals surface area (Å²) in [6.07, 6.45) is 0. The first-order valence-electron chi connectivity index (χ1n) is 6.31. The molecule has 0 saturated carbocycles. The van der Waals surface area contributed by atoms with Crippen molar-refractivity contribution in [3.8, 4) is 11.6 Å². The van der Waals surface area contributed by atoms with Crippen molar-refractivity contribution in [2.45, 2.75) is 20.4 Å². The van der Waals surface area contributed by atoms with Crippen LogP contribution in [0.2, 0.25) is 0 Å². The number of rotatable bonds is 4. The Labute approximate surface area is 117 Å². The van der Waals surface area contributed by atoms with Crippen LogP contribution in [-0.4, -0.2) is 10.9 Å². The first kappa shape index (κ1) is 14.0. The number of hydrogen-bond acceptors (Lipinski definition) is 4. The smallest absolute Gasteiger partial charge is 0.224 e. The Morgan fingerprint density at radius 2 is 2.05 bits per heavy atom. The molecule has 0 bridgehead atoms. The third-order valence-corrected chi connectivity index (χ3v) is 2.70. The van der Waals surface area contributed by atoms with Crippen LogP contribution < -0.4 is 15.8 Å². The monoisotopic (exact) mass is 271 g/mol. The molecule has 1 heterocycles. The first-order valence-corrected chi connectivity index (χ1v) is 6.31. The lowest BCUT2D eigenvalue weighted by Gasteiger charge is -2.13. The molecule has 2 aromatic rings. The highest BCUT2D eigenvalue weighted by Crippen LogP contribution is 2.30. The summed E-state index contributed by atoms with van der Waals surface area (Å²) in [4.78, 5) is 15.5. The van der Waals surface area contributed by atoms with Crippen LogP contribution in [0.5, 0.6) is 11.6 Å². The molecule has 1 aromatic heterocycles. The second-order valence-electron chi connectivity index (χ2n) is 4.40. The molecular weight excluding hydrogens is 254 g/mol. The molecule has 0 aliphatic heterocycles. The van der Waals surface area contributed by atoms with E-state index in [-0.39, 0.29) is 5.91 Å². The molecule has 3 N–H and O–H groups in total. The van der Waals surface area contributed by atoms with Crippen molar-refractivity contribution in [1.82, 2.24) is 4.98 Å². The van der Waals surface area contributed by atoms with Crippen LogP contribution in [0.15, 0.2) is 36.4 Å². The number of hydrogen-bond donors (Lipinski definition) is 2. The summed E-state index contributed by atoms with van der Waals surface area (Å²) in [5.74, 6) is 0.845. The number of ether oxygens (including phenoxy) is 1. The fourth-order valence-electron chi connectivity index (χ4n) is 1.76. The largest absolute Gasteiger partial charge is 0.436 e. The SMILES string of the molecule is CC(=O)Nc1ccccc1Oc1nc(C)ccc1CN. The number of benzene rings is 1. The molecular formula is C15H17N3O2. The molecule has 0 unspecified atom stereocenters. The number of anilines is 1. The van der Waals surface area contributed by atoms with E-state index in [1.807, 2.05) is 31.2 Å². The summed E-state index contributed by atoms with van der Waals surface area (Å²) in [6, 6.07) is 11.0. The van der Waals surface area contributed by atoms with Gasteiger partial charge in [-0.2, -0.15) is 0 Å². The maximum absolute atomic E-state index is 11.2. The van der Waals surface area contributed by atoms with Gasteiger partial charge in [0.25, 0.3) is 0 Å². The number of para-hydroxylation sites is 2. The standard InChI is InChI=1S/C15H17N3O2/c1-10-7-8-12(9-16)15(17-10)20-14-6-4-3-5-13(14)18-11(2)19/h3-8H,9,16H2,1-2H3,(H,18,19). The van der Waals surface area contributed by atoms with Gasteiger partial charge in [0.15, 0.2) is 5.75 Å². The third-order valence-electron chi connectivity index (χ3n) is 2.70. The van der Waals surface area contributed by atoms with E-state index in [2.05, 4.69) is 10.3 Å². The lowest BCUT2D eigenvalue weighted by atomic mass is 10.2. The van der Waals surface area contributed by atoms with Gasteiger partial charge < -0.3 is 15.8 Å². The van der Waals surface area contributed by atoms with Crippen LogP contribution in [0, 0.1) is 6.92 Å². The van der Waals surface area contributed by atoms with Gasteiger partial charge in [-0.25, -0.2) is 4.98 Å². The molecule has 0 saturated heterocycles. The molecule has 0 fully saturated rings. The van der Waals surface area contributed by atoms with Crippen molar-refractivity contribution < 1.29 is 9.53 Å². The van der Waals surface area contributed by atoms with Gasteiger partial charge in [-0.05, 0) is 25.1 Å². The summed E-state index contributed by atoms with van der Waals surface area (Å²) < 4.78 is 5.81. The van der Waals surface area contributed by atoms with Crippen LogP contribution >= 0.6 is 0 Å². The summed E-state index contributed by atoms with van der Waals surface area (Å²) in [5.41, 5.74) is 7.94. The molecule has 0 radical (unpaired) electrons. The number of aryl methyl sites for hydroxylation is 1. The predicted molar refractivity (Wildman–Crippen MR) is 77.7 cm³/mol. The number of nitrogens with zero attached hydrogens (tertiary/aromatic N) is 1. The number of nitrogens with one attached hydrogen (secondary N) is 1. The topological polar surface area (TPSA) is 77.2 Å². The molecule has 0 spiro atoms. The molecule has 0 atom stereocenters. The van der Waals surface area contributed by atoms with Gasteiger partial charge in [0.05, 0.1) is 5.69 Å². The van der Waals surface area contributed by atoms with E-state index in [1.54, 1.807) is 12.1 Å². The molecule has 1 aromatic carbocycles. The summed E-state index contributed by atoms with van der Waals surface area (Å²) in [6.45, 7) is 3.67. The zero-order chi connectivity index (χ0) is 14.5. The fourth-order valence-corrected chi connectivity index (χ4v) is 1.76. The molecule has 2 rings (SSSR count). The zero-order valence-corrected chi connectivity index (χ0v) is 11.5. The van der Waals surface area contributed by atoms with Crippen LogP contribution in [0.1, 0.15) is 18.2 Å². The van der Waals surface area contributed by atoms with Gasteiger partial charge in [-0.15, -0.1) is 0 Å². The minimum atomic E-state index is -0.155. The van der Waals surface area contributed by atoms with E-state index in [4.69, 9.17) is 10.5 Å². The molecule has 0 aliphatic carbocycles. The van der Waals surface area contributed by atoms with Crippen molar-refractivity contribution >= 4 is 11.6 Å². The van der Waals surface area contributed by atoms with Crippen molar-refractivity contribution in [2.24, 2.45) is 5.73 Å². The minimum Gasteiger partial charge on any atom is -0.436 e. The van der Waals surface area contributed by atoms with Crippen LogP contribution in [0.25, 0.3) is 0 Å².